The second-order valence-electron chi connectivity index (χ2n) is 5.14. The van der Waals surface area contributed by atoms with Crippen LogP contribution in [0.15, 0.2) is 0 Å². The number of nitrogens with two attached hydrogens (primary N) is 1. The Morgan fingerprint density at radius 1 is 1.40 bits per heavy atom. The van der Waals surface area contributed by atoms with Crippen LogP contribution in [0.5, 0.6) is 0 Å². The van der Waals surface area contributed by atoms with Gasteiger partial charge in [0.1, 0.15) is 5.00 Å². The van der Waals surface area contributed by atoms with Gasteiger partial charge < -0.3 is 15.8 Å². The first kappa shape index (κ1) is 15.0. The number of fused-ring (bicyclic) bond motifs is 1. The van der Waals surface area contributed by atoms with E-state index < -0.39 is 0 Å². The third-order valence-electron chi connectivity index (χ3n) is 3.32. The molecule has 1 atom stereocenters. The van der Waals surface area contributed by atoms with E-state index in [0.717, 1.165) is 31.2 Å². The zero-order valence-corrected chi connectivity index (χ0v) is 12.6. The number of hydrogen-bond donors (Lipinski definition) is 2. The molecule has 0 bridgehead atoms. The number of esters is 1. The Morgan fingerprint density at radius 2 is 2.10 bits per heavy atom. The van der Waals surface area contributed by atoms with E-state index in [1.54, 1.807) is 6.92 Å². The van der Waals surface area contributed by atoms with Crippen molar-refractivity contribution in [2.24, 2.45) is 5.73 Å². The summed E-state index contributed by atoms with van der Waals surface area (Å²) in [6.45, 7) is 1.78. The first-order valence-electron chi connectivity index (χ1n) is 6.81. The van der Waals surface area contributed by atoms with Crippen molar-refractivity contribution in [1.82, 2.24) is 0 Å². The average Bonchev–Trinajstić information content (AvgIpc) is 2.74. The molecule has 1 amide bonds. The molecule has 0 radical (unpaired) electrons. The molecule has 0 fully saturated rings. The normalized spacial score (nSPS) is 15.3. The maximum atomic E-state index is 12.0. The number of hydrogen-bond acceptors (Lipinski definition) is 5. The van der Waals surface area contributed by atoms with Gasteiger partial charge in [-0.15, -0.1) is 11.3 Å². The molecule has 0 aliphatic heterocycles. The van der Waals surface area contributed by atoms with Crippen molar-refractivity contribution < 1.29 is 14.3 Å². The van der Waals surface area contributed by atoms with Gasteiger partial charge in [-0.05, 0) is 38.2 Å². The summed E-state index contributed by atoms with van der Waals surface area (Å²) >= 11 is 1.49. The van der Waals surface area contributed by atoms with Crippen LogP contribution in [0, 0.1) is 0 Å². The highest BCUT2D eigenvalue weighted by molar-refractivity contribution is 7.17. The Bertz CT molecular complexity index is 523. The summed E-state index contributed by atoms with van der Waals surface area (Å²) < 4.78 is 4.86. The maximum Gasteiger partial charge on any atom is 0.341 e. The van der Waals surface area contributed by atoms with Gasteiger partial charge in [0.05, 0.1) is 12.7 Å². The molecule has 0 saturated carbocycles. The summed E-state index contributed by atoms with van der Waals surface area (Å²) in [5, 5.41) is 3.42. The first-order chi connectivity index (χ1) is 9.52. The number of aryl methyl sites for hydroxylation is 1. The summed E-state index contributed by atoms with van der Waals surface area (Å²) in [6, 6.07) is -0.203. The molecule has 20 heavy (non-hydrogen) atoms. The van der Waals surface area contributed by atoms with Crippen molar-refractivity contribution in [1.29, 1.82) is 0 Å². The summed E-state index contributed by atoms with van der Waals surface area (Å²) in [7, 11) is 1.36. The number of carbonyl (C=O) groups is 2. The van der Waals surface area contributed by atoms with Crippen molar-refractivity contribution in [3.63, 3.8) is 0 Å². The topological polar surface area (TPSA) is 81.4 Å². The monoisotopic (exact) mass is 296 g/mol. The highest BCUT2D eigenvalue weighted by atomic mass is 32.1. The highest BCUT2D eigenvalue weighted by Gasteiger charge is 2.26. The van der Waals surface area contributed by atoms with Gasteiger partial charge in [-0.3, -0.25) is 4.79 Å². The van der Waals surface area contributed by atoms with Gasteiger partial charge in [0.15, 0.2) is 0 Å². The van der Waals surface area contributed by atoms with Gasteiger partial charge in [0.2, 0.25) is 5.91 Å². The molecule has 1 heterocycles. The van der Waals surface area contributed by atoms with Crippen LogP contribution in [-0.2, 0) is 22.4 Å². The summed E-state index contributed by atoms with van der Waals surface area (Å²) in [5.41, 5.74) is 7.20. The van der Waals surface area contributed by atoms with Crippen molar-refractivity contribution in [3.8, 4) is 0 Å². The van der Waals surface area contributed by atoms with Gasteiger partial charge in [-0.1, -0.05) is 0 Å². The summed E-state index contributed by atoms with van der Waals surface area (Å²) in [5.74, 6) is -0.538. The van der Waals surface area contributed by atoms with E-state index in [1.807, 2.05) is 0 Å². The SMILES string of the molecule is COC(=O)c1c(NC(=O)CC(C)N)sc2c1CCCC2. The molecule has 1 aliphatic carbocycles. The lowest BCUT2D eigenvalue weighted by Gasteiger charge is -2.12. The molecule has 1 aromatic rings. The Labute approximate surface area is 122 Å². The Morgan fingerprint density at radius 3 is 2.75 bits per heavy atom. The van der Waals surface area contributed by atoms with E-state index >= 15 is 0 Å². The van der Waals surface area contributed by atoms with Gasteiger partial charge in [0, 0.05) is 17.3 Å². The van der Waals surface area contributed by atoms with Crippen LogP contribution in [0.2, 0.25) is 0 Å². The molecule has 6 heteroatoms. The predicted octanol–water partition coefficient (Wildman–Crippen LogP) is 2.09. The van der Waals surface area contributed by atoms with Crippen LogP contribution >= 0.6 is 11.3 Å². The van der Waals surface area contributed by atoms with Crippen LogP contribution in [0.3, 0.4) is 0 Å². The minimum absolute atomic E-state index is 0.163. The zero-order chi connectivity index (χ0) is 14.7. The van der Waals surface area contributed by atoms with Crippen molar-refractivity contribution >= 4 is 28.2 Å². The van der Waals surface area contributed by atoms with E-state index in [2.05, 4.69) is 5.32 Å². The molecule has 1 aromatic heterocycles. The summed E-state index contributed by atoms with van der Waals surface area (Å²) in [6.07, 6.45) is 4.28. The molecular formula is C14H20N2O3S. The van der Waals surface area contributed by atoms with E-state index in [4.69, 9.17) is 10.5 Å². The fraction of sp³-hybridized carbons (Fsp3) is 0.571. The molecule has 1 unspecified atom stereocenters. The Kier molecular flexibility index (Phi) is 4.77. The average molecular weight is 296 g/mol. The Balaban J connectivity index is 2.29. The van der Waals surface area contributed by atoms with Gasteiger partial charge >= 0.3 is 5.97 Å². The fourth-order valence-corrected chi connectivity index (χ4v) is 3.74. The number of carbonyl (C=O) groups excluding carboxylic acids is 2. The number of thiophene rings is 1. The quantitative estimate of drug-likeness (QED) is 0.834. The predicted molar refractivity (Wildman–Crippen MR) is 79.2 cm³/mol. The van der Waals surface area contributed by atoms with Crippen molar-refractivity contribution in [3.05, 3.63) is 16.0 Å². The molecule has 0 aromatic carbocycles. The molecule has 1 aliphatic rings. The van der Waals surface area contributed by atoms with Crippen LogP contribution in [-0.4, -0.2) is 25.0 Å². The third kappa shape index (κ3) is 3.19. The standard InChI is InChI=1S/C14H20N2O3S/c1-8(15)7-11(17)16-13-12(14(18)19-2)9-5-3-4-6-10(9)20-13/h8H,3-7,15H2,1-2H3,(H,16,17). The highest BCUT2D eigenvalue weighted by Crippen LogP contribution is 2.38. The third-order valence-corrected chi connectivity index (χ3v) is 4.53. The van der Waals surface area contributed by atoms with Crippen molar-refractivity contribution in [2.75, 3.05) is 12.4 Å². The van der Waals surface area contributed by atoms with Crippen molar-refractivity contribution in [2.45, 2.75) is 45.1 Å². The molecular weight excluding hydrogens is 276 g/mol. The number of amides is 1. The van der Waals surface area contributed by atoms with Gasteiger partial charge in [0.25, 0.3) is 0 Å². The van der Waals surface area contributed by atoms with Crippen LogP contribution in [0.25, 0.3) is 0 Å². The van der Waals surface area contributed by atoms with Crippen LogP contribution in [0.4, 0.5) is 5.00 Å². The molecule has 2 rings (SSSR count). The van der Waals surface area contributed by atoms with Gasteiger partial charge in [-0.2, -0.15) is 0 Å². The molecule has 5 nitrogen and oxygen atoms in total. The summed E-state index contributed by atoms with van der Waals surface area (Å²) in [4.78, 5) is 25.0. The number of anilines is 1. The molecule has 3 N–H and O–H groups in total. The minimum atomic E-state index is -0.375. The zero-order valence-electron chi connectivity index (χ0n) is 11.8. The smallest absolute Gasteiger partial charge is 0.341 e. The number of nitrogens with one attached hydrogen (secondary N) is 1. The van der Waals surface area contributed by atoms with E-state index in [1.165, 1.54) is 23.3 Å². The van der Waals surface area contributed by atoms with E-state index in [-0.39, 0.29) is 24.3 Å². The fourth-order valence-electron chi connectivity index (χ4n) is 2.44. The molecule has 110 valence electrons. The maximum absolute atomic E-state index is 12.0. The van der Waals surface area contributed by atoms with Gasteiger partial charge in [-0.25, -0.2) is 4.79 Å². The van der Waals surface area contributed by atoms with E-state index in [0.29, 0.717) is 10.6 Å². The number of methoxy groups -OCH3 is 1. The largest absolute Gasteiger partial charge is 0.465 e. The van der Waals surface area contributed by atoms with Crippen LogP contribution in [0.1, 0.15) is 47.0 Å². The van der Waals surface area contributed by atoms with Crippen LogP contribution < -0.4 is 11.1 Å². The molecule has 0 saturated heterocycles. The Hall–Kier alpha value is -1.40. The second kappa shape index (κ2) is 6.37. The number of rotatable bonds is 4. The lowest BCUT2D eigenvalue weighted by molar-refractivity contribution is -0.116. The minimum Gasteiger partial charge on any atom is -0.465 e. The second-order valence-corrected chi connectivity index (χ2v) is 6.24. The first-order valence-corrected chi connectivity index (χ1v) is 7.62. The lowest BCUT2D eigenvalue weighted by Crippen LogP contribution is -2.24. The lowest BCUT2D eigenvalue weighted by atomic mass is 9.95. The van der Waals surface area contributed by atoms with E-state index in [9.17, 15) is 9.59 Å². The number of ether oxygens (including phenoxy) is 1. The molecule has 0 spiro atoms.